The van der Waals surface area contributed by atoms with Crippen molar-refractivity contribution < 1.29 is 14.9 Å². The fourth-order valence-corrected chi connectivity index (χ4v) is 2.98. The molecule has 1 aliphatic carbocycles. The van der Waals surface area contributed by atoms with E-state index in [-0.39, 0.29) is 18.8 Å². The molecule has 1 heterocycles. The van der Waals surface area contributed by atoms with E-state index in [4.69, 9.17) is 9.84 Å². The van der Waals surface area contributed by atoms with Crippen LogP contribution in [0.2, 0.25) is 0 Å². The van der Waals surface area contributed by atoms with Crippen LogP contribution in [0.4, 0.5) is 0 Å². The third kappa shape index (κ3) is 2.94. The van der Waals surface area contributed by atoms with Crippen molar-refractivity contribution in [2.75, 3.05) is 26.2 Å². The molecule has 2 unspecified atom stereocenters. The fourth-order valence-electron chi connectivity index (χ4n) is 2.98. The Bertz CT molecular complexity index is 228. The molecule has 94 valence electrons. The average Bonchev–Trinajstić information content (AvgIpc) is 2.63. The van der Waals surface area contributed by atoms with Crippen LogP contribution >= 0.6 is 0 Å². The van der Waals surface area contributed by atoms with Gasteiger partial charge < -0.3 is 14.9 Å². The third-order valence-corrected chi connectivity index (χ3v) is 3.66. The lowest BCUT2D eigenvalue weighted by molar-refractivity contribution is -0.111. The largest absolute Gasteiger partial charge is 0.394 e. The van der Waals surface area contributed by atoms with Crippen LogP contribution in [0.5, 0.6) is 0 Å². The number of hydrogen-bond donors (Lipinski definition) is 2. The van der Waals surface area contributed by atoms with Gasteiger partial charge in [-0.25, -0.2) is 0 Å². The van der Waals surface area contributed by atoms with E-state index in [1.165, 1.54) is 0 Å². The van der Waals surface area contributed by atoms with E-state index in [2.05, 4.69) is 4.90 Å². The molecule has 16 heavy (non-hydrogen) atoms. The number of morpholine rings is 1. The minimum Gasteiger partial charge on any atom is -0.394 e. The number of rotatable bonds is 3. The second-order valence-corrected chi connectivity index (χ2v) is 5.38. The van der Waals surface area contributed by atoms with E-state index in [1.54, 1.807) is 0 Å². The molecule has 0 spiro atoms. The molecule has 1 saturated carbocycles. The van der Waals surface area contributed by atoms with Gasteiger partial charge in [0.1, 0.15) is 0 Å². The highest BCUT2D eigenvalue weighted by atomic mass is 16.5. The van der Waals surface area contributed by atoms with Crippen LogP contribution in [0.3, 0.4) is 0 Å². The average molecular weight is 229 g/mol. The molecule has 2 atom stereocenters. The van der Waals surface area contributed by atoms with E-state index in [0.717, 1.165) is 45.3 Å². The summed E-state index contributed by atoms with van der Waals surface area (Å²) in [6.07, 6.45) is 4.18. The smallest absolute Gasteiger partial charge is 0.0936 e. The van der Waals surface area contributed by atoms with Gasteiger partial charge in [-0.15, -0.1) is 0 Å². The monoisotopic (exact) mass is 229 g/mol. The lowest BCUT2D eigenvalue weighted by atomic mass is 10.0. The van der Waals surface area contributed by atoms with Crippen LogP contribution in [-0.2, 0) is 4.74 Å². The van der Waals surface area contributed by atoms with Crippen LogP contribution in [0.25, 0.3) is 0 Å². The van der Waals surface area contributed by atoms with Gasteiger partial charge in [0.05, 0.1) is 24.4 Å². The summed E-state index contributed by atoms with van der Waals surface area (Å²) in [7, 11) is 0. The summed E-state index contributed by atoms with van der Waals surface area (Å²) in [4.78, 5) is 2.24. The van der Waals surface area contributed by atoms with Gasteiger partial charge in [-0.3, -0.25) is 4.90 Å². The first-order valence-electron chi connectivity index (χ1n) is 6.32. The summed E-state index contributed by atoms with van der Waals surface area (Å²) in [5.41, 5.74) is -0.489. The topological polar surface area (TPSA) is 52.9 Å². The molecule has 0 bridgehead atoms. The predicted molar refractivity (Wildman–Crippen MR) is 61.3 cm³/mol. The predicted octanol–water partition coefficient (Wildman–Crippen LogP) is 0.373. The van der Waals surface area contributed by atoms with Gasteiger partial charge in [-0.1, -0.05) is 12.8 Å². The quantitative estimate of drug-likeness (QED) is 0.734. The zero-order chi connectivity index (χ0) is 11.6. The van der Waals surface area contributed by atoms with Gasteiger partial charge in [-0.2, -0.15) is 0 Å². The van der Waals surface area contributed by atoms with Crippen molar-refractivity contribution in [1.29, 1.82) is 0 Å². The molecular formula is C12H23NO3. The molecule has 4 nitrogen and oxygen atoms in total. The molecule has 0 amide bonds. The van der Waals surface area contributed by atoms with E-state index >= 15 is 0 Å². The standard InChI is InChI=1S/C12H23NO3/c1-10-6-13(7-11(8-14)16-10)9-12(15)4-2-3-5-12/h10-11,14-15H,2-9H2,1H3. The Labute approximate surface area is 97.2 Å². The molecule has 0 radical (unpaired) electrons. The van der Waals surface area contributed by atoms with Crippen LogP contribution < -0.4 is 0 Å². The highest BCUT2D eigenvalue weighted by molar-refractivity contribution is 4.89. The molecule has 0 aromatic heterocycles. The SMILES string of the molecule is CC1CN(CC2(O)CCCC2)CC(CO)O1. The summed E-state index contributed by atoms with van der Waals surface area (Å²) in [6.45, 7) is 4.42. The van der Waals surface area contributed by atoms with Crippen LogP contribution in [0.1, 0.15) is 32.6 Å². The summed E-state index contributed by atoms with van der Waals surface area (Å²) in [5, 5.41) is 19.5. The summed E-state index contributed by atoms with van der Waals surface area (Å²) >= 11 is 0. The van der Waals surface area contributed by atoms with Crippen LogP contribution in [-0.4, -0.2) is 59.2 Å². The Hall–Kier alpha value is -0.160. The maximum Gasteiger partial charge on any atom is 0.0936 e. The van der Waals surface area contributed by atoms with Crippen molar-refractivity contribution in [1.82, 2.24) is 4.90 Å². The number of aliphatic hydroxyl groups excluding tert-OH is 1. The van der Waals surface area contributed by atoms with Crippen molar-refractivity contribution in [3.8, 4) is 0 Å². The molecular weight excluding hydrogens is 206 g/mol. The second kappa shape index (κ2) is 5.00. The molecule has 2 rings (SSSR count). The van der Waals surface area contributed by atoms with E-state index < -0.39 is 5.60 Å². The Balaban J connectivity index is 1.88. The summed E-state index contributed by atoms with van der Waals surface area (Å²) < 4.78 is 5.59. The Kier molecular flexibility index (Phi) is 3.85. The Morgan fingerprint density at radius 2 is 2.00 bits per heavy atom. The maximum atomic E-state index is 10.3. The van der Waals surface area contributed by atoms with Gasteiger partial charge in [0.15, 0.2) is 0 Å². The number of hydrogen-bond acceptors (Lipinski definition) is 4. The lowest BCUT2D eigenvalue weighted by Gasteiger charge is -2.39. The number of ether oxygens (including phenoxy) is 1. The summed E-state index contributed by atoms with van der Waals surface area (Å²) in [6, 6.07) is 0. The Morgan fingerprint density at radius 3 is 2.62 bits per heavy atom. The van der Waals surface area contributed by atoms with Crippen molar-refractivity contribution in [2.45, 2.75) is 50.4 Å². The first-order valence-corrected chi connectivity index (χ1v) is 6.32. The van der Waals surface area contributed by atoms with E-state index in [9.17, 15) is 5.11 Å². The maximum absolute atomic E-state index is 10.3. The van der Waals surface area contributed by atoms with Gasteiger partial charge in [-0.05, 0) is 19.8 Å². The Morgan fingerprint density at radius 1 is 1.31 bits per heavy atom. The first-order chi connectivity index (χ1) is 7.61. The molecule has 4 heteroatoms. The van der Waals surface area contributed by atoms with Crippen molar-refractivity contribution in [2.24, 2.45) is 0 Å². The van der Waals surface area contributed by atoms with Crippen molar-refractivity contribution in [3.05, 3.63) is 0 Å². The minimum absolute atomic E-state index is 0.0687. The minimum atomic E-state index is -0.489. The number of nitrogens with zero attached hydrogens (tertiary/aromatic N) is 1. The van der Waals surface area contributed by atoms with E-state index in [1.807, 2.05) is 6.92 Å². The molecule has 2 aliphatic rings. The number of aliphatic hydroxyl groups is 2. The molecule has 0 aromatic rings. The third-order valence-electron chi connectivity index (χ3n) is 3.66. The first kappa shape index (κ1) is 12.3. The molecule has 2 N–H and O–H groups in total. The highest BCUT2D eigenvalue weighted by Crippen LogP contribution is 2.30. The summed E-state index contributed by atoms with van der Waals surface area (Å²) in [5.74, 6) is 0. The van der Waals surface area contributed by atoms with Gasteiger partial charge in [0.2, 0.25) is 0 Å². The van der Waals surface area contributed by atoms with Crippen LogP contribution in [0, 0.1) is 0 Å². The number of β-amino-alcohol motifs (C(OH)–C–C–N with tert-alkyl or cyclic N) is 1. The zero-order valence-corrected chi connectivity index (χ0v) is 10.1. The van der Waals surface area contributed by atoms with Crippen LogP contribution in [0.15, 0.2) is 0 Å². The van der Waals surface area contributed by atoms with Crippen molar-refractivity contribution >= 4 is 0 Å². The van der Waals surface area contributed by atoms with Crippen molar-refractivity contribution in [3.63, 3.8) is 0 Å². The molecule has 0 aromatic carbocycles. The molecule has 2 fully saturated rings. The highest BCUT2D eigenvalue weighted by Gasteiger charge is 2.35. The fraction of sp³-hybridized carbons (Fsp3) is 1.00. The van der Waals surface area contributed by atoms with Gasteiger partial charge >= 0.3 is 0 Å². The van der Waals surface area contributed by atoms with Gasteiger partial charge in [0.25, 0.3) is 0 Å². The van der Waals surface area contributed by atoms with Gasteiger partial charge in [0, 0.05) is 19.6 Å². The zero-order valence-electron chi connectivity index (χ0n) is 10.1. The van der Waals surface area contributed by atoms with E-state index in [0.29, 0.717) is 0 Å². The molecule has 1 saturated heterocycles. The normalized spacial score (nSPS) is 35.4. The molecule has 1 aliphatic heterocycles. The second-order valence-electron chi connectivity index (χ2n) is 5.38. The lowest BCUT2D eigenvalue weighted by Crippen LogP contribution is -2.52.